The third-order valence-corrected chi connectivity index (χ3v) is 2.61. The second kappa shape index (κ2) is 3.96. The van der Waals surface area contributed by atoms with Crippen LogP contribution in [-0.4, -0.2) is 18.2 Å². The van der Waals surface area contributed by atoms with Crippen molar-refractivity contribution in [3.05, 3.63) is 17.8 Å². The Morgan fingerprint density at radius 2 is 1.94 bits per heavy atom. The van der Waals surface area contributed by atoms with Crippen molar-refractivity contribution in [2.75, 3.05) is 7.11 Å². The molecule has 0 atom stereocenters. The molecule has 1 fully saturated rings. The number of rotatable bonds is 3. The Labute approximate surface area is 96.8 Å². The van der Waals surface area contributed by atoms with Gasteiger partial charge in [0.2, 0.25) is 0 Å². The molecule has 0 N–H and O–H groups in total. The molecule has 2 rings (SSSR count). The van der Waals surface area contributed by atoms with E-state index in [1.54, 1.807) is 7.11 Å². The lowest BCUT2D eigenvalue weighted by Gasteiger charge is -2.19. The van der Waals surface area contributed by atoms with E-state index in [1.807, 2.05) is 12.1 Å². The Balaban J connectivity index is 2.26. The molecule has 0 saturated heterocycles. The second-order valence-electron chi connectivity index (χ2n) is 5.27. The molecule has 1 aromatic rings. The summed E-state index contributed by atoms with van der Waals surface area (Å²) in [5, 5.41) is 0. The van der Waals surface area contributed by atoms with Crippen molar-refractivity contribution >= 4 is 0 Å². The first-order valence-electron chi connectivity index (χ1n) is 5.73. The summed E-state index contributed by atoms with van der Waals surface area (Å²) >= 11 is 0. The van der Waals surface area contributed by atoms with Crippen molar-refractivity contribution in [3.8, 4) is 11.6 Å². The number of hydrogen-bond donors (Lipinski definition) is 0. The number of nitrogens with zero attached hydrogens (tertiary/aromatic N) is 1. The van der Waals surface area contributed by atoms with Gasteiger partial charge in [0.05, 0.1) is 18.9 Å². The molecule has 1 aliphatic carbocycles. The van der Waals surface area contributed by atoms with Crippen molar-refractivity contribution in [2.24, 2.45) is 0 Å². The molecule has 88 valence electrons. The van der Waals surface area contributed by atoms with Crippen LogP contribution >= 0.6 is 0 Å². The van der Waals surface area contributed by atoms with E-state index >= 15 is 0 Å². The van der Waals surface area contributed by atoms with E-state index in [0.29, 0.717) is 12.0 Å². The first kappa shape index (κ1) is 11.2. The maximum Gasteiger partial charge on any atom is 0.257 e. The normalized spacial score (nSPS) is 16.0. The maximum absolute atomic E-state index is 5.73. The van der Waals surface area contributed by atoms with Gasteiger partial charge in [0, 0.05) is 5.41 Å². The average Bonchev–Trinajstić information content (AvgIpc) is 3.00. The molecule has 3 heteroatoms. The Bertz CT molecular complexity index is 378. The zero-order valence-electron chi connectivity index (χ0n) is 10.4. The summed E-state index contributed by atoms with van der Waals surface area (Å²) in [5.74, 6) is 1.36. The van der Waals surface area contributed by atoms with E-state index in [9.17, 15) is 0 Å². The fraction of sp³-hybridized carbons (Fsp3) is 0.615. The molecule has 16 heavy (non-hydrogen) atoms. The summed E-state index contributed by atoms with van der Waals surface area (Å²) in [6, 6.07) is 3.98. The van der Waals surface area contributed by atoms with Crippen molar-refractivity contribution in [3.63, 3.8) is 0 Å². The van der Waals surface area contributed by atoms with Gasteiger partial charge < -0.3 is 9.47 Å². The van der Waals surface area contributed by atoms with Gasteiger partial charge in [0.25, 0.3) is 5.88 Å². The predicted octanol–water partition coefficient (Wildman–Crippen LogP) is 2.93. The Morgan fingerprint density at radius 3 is 2.44 bits per heavy atom. The van der Waals surface area contributed by atoms with Crippen LogP contribution in [-0.2, 0) is 5.41 Å². The highest BCUT2D eigenvalue weighted by atomic mass is 16.5. The molecular formula is C13H19NO2. The smallest absolute Gasteiger partial charge is 0.257 e. The molecule has 0 unspecified atom stereocenters. The SMILES string of the molecule is COc1nc(C(C)(C)C)ccc1OC1CC1. The van der Waals surface area contributed by atoms with E-state index in [2.05, 4.69) is 25.8 Å². The van der Waals surface area contributed by atoms with E-state index in [1.165, 1.54) is 0 Å². The van der Waals surface area contributed by atoms with Crippen molar-refractivity contribution in [2.45, 2.75) is 45.1 Å². The van der Waals surface area contributed by atoms with Gasteiger partial charge in [-0.2, -0.15) is 0 Å². The summed E-state index contributed by atoms with van der Waals surface area (Å²) in [4.78, 5) is 4.50. The molecule has 0 aromatic carbocycles. The Kier molecular flexibility index (Phi) is 2.78. The lowest BCUT2D eigenvalue weighted by molar-refractivity contribution is 0.275. The first-order valence-corrected chi connectivity index (χ1v) is 5.73. The fourth-order valence-corrected chi connectivity index (χ4v) is 1.45. The van der Waals surface area contributed by atoms with Gasteiger partial charge in [0.15, 0.2) is 5.75 Å². The van der Waals surface area contributed by atoms with Crippen LogP contribution in [0.2, 0.25) is 0 Å². The number of ether oxygens (including phenoxy) is 2. The highest BCUT2D eigenvalue weighted by Gasteiger charge is 2.26. The molecule has 1 aromatic heterocycles. The summed E-state index contributed by atoms with van der Waals surface area (Å²) < 4.78 is 11.0. The van der Waals surface area contributed by atoms with Crippen LogP contribution in [0.4, 0.5) is 0 Å². The number of methoxy groups -OCH3 is 1. The van der Waals surface area contributed by atoms with Gasteiger partial charge >= 0.3 is 0 Å². The first-order chi connectivity index (χ1) is 7.50. The molecule has 1 aliphatic rings. The summed E-state index contributed by atoms with van der Waals surface area (Å²) in [7, 11) is 1.63. The second-order valence-corrected chi connectivity index (χ2v) is 5.27. The highest BCUT2D eigenvalue weighted by Crippen LogP contribution is 2.34. The zero-order chi connectivity index (χ0) is 11.8. The van der Waals surface area contributed by atoms with E-state index in [4.69, 9.17) is 9.47 Å². The average molecular weight is 221 g/mol. The third-order valence-electron chi connectivity index (χ3n) is 2.61. The van der Waals surface area contributed by atoms with Gasteiger partial charge in [-0.25, -0.2) is 4.98 Å². The van der Waals surface area contributed by atoms with Crippen LogP contribution in [0.3, 0.4) is 0 Å². The number of hydrogen-bond acceptors (Lipinski definition) is 3. The minimum Gasteiger partial charge on any atom is -0.485 e. The van der Waals surface area contributed by atoms with Crippen molar-refractivity contribution in [1.29, 1.82) is 0 Å². The van der Waals surface area contributed by atoms with Gasteiger partial charge in [-0.3, -0.25) is 0 Å². The monoisotopic (exact) mass is 221 g/mol. The third kappa shape index (κ3) is 2.46. The van der Waals surface area contributed by atoms with E-state index in [-0.39, 0.29) is 5.41 Å². The van der Waals surface area contributed by atoms with Crippen LogP contribution in [0.25, 0.3) is 0 Å². The van der Waals surface area contributed by atoms with Crippen LogP contribution in [0.5, 0.6) is 11.6 Å². The van der Waals surface area contributed by atoms with Crippen LogP contribution < -0.4 is 9.47 Å². The molecule has 0 amide bonds. The minimum absolute atomic E-state index is 0.0331. The Hall–Kier alpha value is -1.25. The fourth-order valence-electron chi connectivity index (χ4n) is 1.45. The summed E-state index contributed by atoms with van der Waals surface area (Å²) in [6.07, 6.45) is 2.66. The van der Waals surface area contributed by atoms with Gasteiger partial charge in [-0.1, -0.05) is 20.8 Å². The van der Waals surface area contributed by atoms with Crippen LogP contribution in [0.1, 0.15) is 39.3 Å². The molecule has 0 spiro atoms. The highest BCUT2D eigenvalue weighted by molar-refractivity contribution is 5.36. The Morgan fingerprint density at radius 1 is 1.25 bits per heavy atom. The molecule has 1 saturated carbocycles. The molecule has 0 radical (unpaired) electrons. The predicted molar refractivity (Wildman–Crippen MR) is 63.1 cm³/mol. The lowest BCUT2D eigenvalue weighted by atomic mass is 9.92. The van der Waals surface area contributed by atoms with Crippen LogP contribution in [0, 0.1) is 0 Å². The van der Waals surface area contributed by atoms with Gasteiger partial charge in [-0.15, -0.1) is 0 Å². The summed E-state index contributed by atoms with van der Waals surface area (Å²) in [5.41, 5.74) is 1.05. The largest absolute Gasteiger partial charge is 0.485 e. The van der Waals surface area contributed by atoms with Gasteiger partial charge in [-0.05, 0) is 25.0 Å². The molecule has 0 bridgehead atoms. The van der Waals surface area contributed by atoms with Crippen LogP contribution in [0.15, 0.2) is 12.1 Å². The lowest BCUT2D eigenvalue weighted by Crippen LogP contribution is -2.14. The zero-order valence-corrected chi connectivity index (χ0v) is 10.4. The standard InChI is InChI=1S/C13H19NO2/c1-13(2,3)11-8-7-10(12(14-11)15-4)16-9-5-6-9/h7-9H,5-6H2,1-4H3. The number of pyridine rings is 1. The molecule has 1 heterocycles. The topological polar surface area (TPSA) is 31.4 Å². The van der Waals surface area contributed by atoms with Crippen molar-refractivity contribution < 1.29 is 9.47 Å². The molecule has 0 aliphatic heterocycles. The van der Waals surface area contributed by atoms with E-state index < -0.39 is 0 Å². The number of aromatic nitrogens is 1. The van der Waals surface area contributed by atoms with E-state index in [0.717, 1.165) is 24.3 Å². The molecular weight excluding hydrogens is 202 g/mol. The van der Waals surface area contributed by atoms with Crippen molar-refractivity contribution in [1.82, 2.24) is 4.98 Å². The van der Waals surface area contributed by atoms with Gasteiger partial charge in [0.1, 0.15) is 0 Å². The maximum atomic E-state index is 5.73. The minimum atomic E-state index is 0.0331. The molecule has 3 nitrogen and oxygen atoms in total. The summed E-state index contributed by atoms with van der Waals surface area (Å²) in [6.45, 7) is 6.41. The quantitative estimate of drug-likeness (QED) is 0.786.